The molecule has 0 bridgehead atoms. The predicted molar refractivity (Wildman–Crippen MR) is 75.9 cm³/mol. The van der Waals surface area contributed by atoms with Gasteiger partial charge < -0.3 is 15.0 Å². The van der Waals surface area contributed by atoms with Gasteiger partial charge in [0.15, 0.2) is 0 Å². The molecule has 1 saturated carbocycles. The van der Waals surface area contributed by atoms with E-state index in [4.69, 9.17) is 4.74 Å². The summed E-state index contributed by atoms with van der Waals surface area (Å²) in [6.07, 6.45) is 6.17. The van der Waals surface area contributed by atoms with Crippen LogP contribution in [-0.2, 0) is 4.74 Å². The van der Waals surface area contributed by atoms with Gasteiger partial charge in [-0.3, -0.25) is 0 Å². The molecule has 1 saturated heterocycles. The van der Waals surface area contributed by atoms with Crippen LogP contribution in [0.5, 0.6) is 0 Å². The largest absolute Gasteiger partial charge is 0.376 e. The standard InChI is InChI=1S/C15H30N2O/c1-12(2)18-15-6-4-14(5-7-15)11-17-9-8-16-13(3)10-17/h12-16H,4-11H2,1-3H3. The van der Waals surface area contributed by atoms with Crippen LogP contribution >= 0.6 is 0 Å². The fourth-order valence-corrected chi connectivity index (χ4v) is 3.38. The van der Waals surface area contributed by atoms with Crippen molar-refractivity contribution in [2.24, 2.45) is 5.92 Å². The highest BCUT2D eigenvalue weighted by Crippen LogP contribution is 2.27. The number of nitrogens with one attached hydrogen (secondary N) is 1. The minimum atomic E-state index is 0.389. The van der Waals surface area contributed by atoms with Crippen molar-refractivity contribution in [3.63, 3.8) is 0 Å². The smallest absolute Gasteiger partial charge is 0.0578 e. The van der Waals surface area contributed by atoms with Crippen LogP contribution in [0.4, 0.5) is 0 Å². The molecule has 3 nitrogen and oxygen atoms in total. The molecule has 3 heteroatoms. The minimum absolute atomic E-state index is 0.389. The lowest BCUT2D eigenvalue weighted by Crippen LogP contribution is -2.50. The molecule has 0 radical (unpaired) electrons. The molecule has 0 aromatic heterocycles. The molecule has 0 spiro atoms. The average molecular weight is 254 g/mol. The SMILES string of the molecule is CC1CN(CC2CCC(OC(C)C)CC2)CCN1. The second kappa shape index (κ2) is 6.88. The zero-order chi connectivity index (χ0) is 13.0. The molecule has 1 aliphatic heterocycles. The maximum atomic E-state index is 5.92. The number of nitrogens with zero attached hydrogens (tertiary/aromatic N) is 1. The van der Waals surface area contributed by atoms with E-state index in [2.05, 4.69) is 31.0 Å². The first kappa shape index (κ1) is 14.3. The third kappa shape index (κ3) is 4.52. The lowest BCUT2D eigenvalue weighted by molar-refractivity contribution is -0.0226. The summed E-state index contributed by atoms with van der Waals surface area (Å²) in [6.45, 7) is 11.5. The van der Waals surface area contributed by atoms with Crippen LogP contribution in [0.2, 0.25) is 0 Å². The number of ether oxygens (including phenoxy) is 1. The molecule has 1 N–H and O–H groups in total. The van der Waals surface area contributed by atoms with Gasteiger partial charge >= 0.3 is 0 Å². The zero-order valence-electron chi connectivity index (χ0n) is 12.3. The van der Waals surface area contributed by atoms with Crippen molar-refractivity contribution in [1.29, 1.82) is 0 Å². The van der Waals surface area contributed by atoms with Gasteiger partial charge in [0.25, 0.3) is 0 Å². The molecule has 0 aromatic carbocycles. The quantitative estimate of drug-likeness (QED) is 0.833. The Balaban J connectivity index is 1.66. The Kier molecular flexibility index (Phi) is 5.46. The molecular formula is C15H30N2O. The van der Waals surface area contributed by atoms with Crippen LogP contribution in [0, 0.1) is 5.92 Å². The van der Waals surface area contributed by atoms with Gasteiger partial charge in [0, 0.05) is 32.2 Å². The van der Waals surface area contributed by atoms with Crippen molar-refractivity contribution in [3.8, 4) is 0 Å². The minimum Gasteiger partial charge on any atom is -0.376 e. The summed E-state index contributed by atoms with van der Waals surface area (Å²) in [7, 11) is 0. The molecule has 106 valence electrons. The van der Waals surface area contributed by atoms with Gasteiger partial charge in [-0.25, -0.2) is 0 Å². The monoisotopic (exact) mass is 254 g/mol. The molecule has 1 atom stereocenters. The topological polar surface area (TPSA) is 24.5 Å². The molecule has 1 aliphatic carbocycles. The Morgan fingerprint density at radius 1 is 1.22 bits per heavy atom. The van der Waals surface area contributed by atoms with E-state index in [0.29, 0.717) is 18.2 Å². The van der Waals surface area contributed by atoms with Crippen molar-refractivity contribution < 1.29 is 4.74 Å². The lowest BCUT2D eigenvalue weighted by Gasteiger charge is -2.37. The van der Waals surface area contributed by atoms with Crippen molar-refractivity contribution in [3.05, 3.63) is 0 Å². The van der Waals surface area contributed by atoms with Gasteiger partial charge in [0.2, 0.25) is 0 Å². The summed E-state index contributed by atoms with van der Waals surface area (Å²) in [6, 6.07) is 0.666. The van der Waals surface area contributed by atoms with Gasteiger partial charge in [0.05, 0.1) is 12.2 Å². The molecule has 0 amide bonds. The van der Waals surface area contributed by atoms with Crippen molar-refractivity contribution in [2.75, 3.05) is 26.2 Å². The van der Waals surface area contributed by atoms with Gasteiger partial charge in [0.1, 0.15) is 0 Å². The van der Waals surface area contributed by atoms with Crippen LogP contribution in [0.3, 0.4) is 0 Å². The number of rotatable bonds is 4. The third-order valence-corrected chi connectivity index (χ3v) is 4.23. The number of piperazine rings is 1. The molecule has 2 aliphatic rings. The van der Waals surface area contributed by atoms with Gasteiger partial charge in [-0.2, -0.15) is 0 Å². The van der Waals surface area contributed by atoms with Crippen molar-refractivity contribution in [1.82, 2.24) is 10.2 Å². The fraction of sp³-hybridized carbons (Fsp3) is 1.00. The zero-order valence-corrected chi connectivity index (χ0v) is 12.3. The number of hydrogen-bond donors (Lipinski definition) is 1. The highest BCUT2D eigenvalue weighted by Gasteiger charge is 2.25. The van der Waals surface area contributed by atoms with E-state index in [1.807, 2.05) is 0 Å². The van der Waals surface area contributed by atoms with Gasteiger partial charge in [-0.1, -0.05) is 0 Å². The first-order chi connectivity index (χ1) is 8.63. The first-order valence-corrected chi connectivity index (χ1v) is 7.74. The highest BCUT2D eigenvalue weighted by molar-refractivity contribution is 4.80. The van der Waals surface area contributed by atoms with Gasteiger partial charge in [-0.05, 0) is 52.4 Å². The molecule has 0 aromatic rings. The summed E-state index contributed by atoms with van der Waals surface area (Å²) < 4.78 is 5.92. The number of hydrogen-bond acceptors (Lipinski definition) is 3. The lowest BCUT2D eigenvalue weighted by atomic mass is 9.86. The van der Waals surface area contributed by atoms with E-state index in [1.54, 1.807) is 0 Å². The van der Waals surface area contributed by atoms with E-state index < -0.39 is 0 Å². The predicted octanol–water partition coefficient (Wildman–Crippen LogP) is 2.26. The Hall–Kier alpha value is -0.120. The average Bonchev–Trinajstić information content (AvgIpc) is 2.31. The van der Waals surface area contributed by atoms with Crippen LogP contribution in [0.15, 0.2) is 0 Å². The van der Waals surface area contributed by atoms with Crippen LogP contribution in [0.25, 0.3) is 0 Å². The molecule has 18 heavy (non-hydrogen) atoms. The molecular weight excluding hydrogens is 224 g/mol. The van der Waals surface area contributed by atoms with E-state index in [0.717, 1.165) is 12.5 Å². The van der Waals surface area contributed by atoms with E-state index >= 15 is 0 Å². The first-order valence-electron chi connectivity index (χ1n) is 7.74. The summed E-state index contributed by atoms with van der Waals surface area (Å²) in [5, 5.41) is 3.52. The summed E-state index contributed by atoms with van der Waals surface area (Å²) in [5.74, 6) is 0.905. The second-order valence-corrected chi connectivity index (χ2v) is 6.44. The summed E-state index contributed by atoms with van der Waals surface area (Å²) in [5.41, 5.74) is 0. The van der Waals surface area contributed by atoms with Crippen LogP contribution < -0.4 is 5.32 Å². The van der Waals surface area contributed by atoms with E-state index in [1.165, 1.54) is 45.3 Å². The summed E-state index contributed by atoms with van der Waals surface area (Å²) in [4.78, 5) is 2.65. The molecule has 1 heterocycles. The highest BCUT2D eigenvalue weighted by atomic mass is 16.5. The Morgan fingerprint density at radius 3 is 2.56 bits per heavy atom. The summed E-state index contributed by atoms with van der Waals surface area (Å²) >= 11 is 0. The Labute approximate surface area is 112 Å². The Bertz CT molecular complexity index is 237. The third-order valence-electron chi connectivity index (χ3n) is 4.23. The fourth-order valence-electron chi connectivity index (χ4n) is 3.38. The normalized spacial score (nSPS) is 35.0. The van der Waals surface area contributed by atoms with E-state index in [-0.39, 0.29) is 0 Å². The van der Waals surface area contributed by atoms with Crippen molar-refractivity contribution in [2.45, 2.75) is 64.7 Å². The Morgan fingerprint density at radius 2 is 1.94 bits per heavy atom. The van der Waals surface area contributed by atoms with Crippen LogP contribution in [0.1, 0.15) is 46.5 Å². The van der Waals surface area contributed by atoms with Crippen LogP contribution in [-0.4, -0.2) is 49.3 Å². The molecule has 2 fully saturated rings. The molecule has 1 unspecified atom stereocenters. The maximum absolute atomic E-state index is 5.92. The van der Waals surface area contributed by atoms with E-state index in [9.17, 15) is 0 Å². The molecule has 2 rings (SSSR count). The van der Waals surface area contributed by atoms with Crippen molar-refractivity contribution >= 4 is 0 Å². The second-order valence-electron chi connectivity index (χ2n) is 6.44. The van der Waals surface area contributed by atoms with Gasteiger partial charge in [-0.15, -0.1) is 0 Å². The maximum Gasteiger partial charge on any atom is 0.0578 e.